The van der Waals surface area contributed by atoms with Gasteiger partial charge in [0.15, 0.2) is 0 Å². The number of benzene rings is 3. The topological polar surface area (TPSA) is 106 Å². The average Bonchev–Trinajstić information content (AvgIpc) is 3.41. The van der Waals surface area contributed by atoms with Crippen LogP contribution in [0.2, 0.25) is 0 Å². The Hall–Kier alpha value is -4.10. The zero-order chi connectivity index (χ0) is 29.3. The number of nitrogens with two attached hydrogens (primary N) is 1. The molecular formula is C35H39N3O4. The van der Waals surface area contributed by atoms with Crippen molar-refractivity contribution in [1.29, 1.82) is 0 Å². The Kier molecular flexibility index (Phi) is 7.78. The van der Waals surface area contributed by atoms with Gasteiger partial charge in [0.05, 0.1) is 25.3 Å². The number of para-hydroxylation sites is 1. The van der Waals surface area contributed by atoms with Gasteiger partial charge in [-0.05, 0) is 60.9 Å². The van der Waals surface area contributed by atoms with Crippen molar-refractivity contribution < 1.29 is 19.1 Å². The highest BCUT2D eigenvalue weighted by Crippen LogP contribution is 2.53. The van der Waals surface area contributed by atoms with Gasteiger partial charge in [0.25, 0.3) is 0 Å². The summed E-state index contributed by atoms with van der Waals surface area (Å²) in [5, 5.41) is 4.78. The van der Waals surface area contributed by atoms with Crippen molar-refractivity contribution in [1.82, 2.24) is 10.3 Å². The molecule has 0 spiro atoms. The van der Waals surface area contributed by atoms with Gasteiger partial charge in [-0.1, -0.05) is 79.9 Å². The van der Waals surface area contributed by atoms with Crippen LogP contribution in [0.3, 0.4) is 0 Å². The molecule has 218 valence electrons. The number of rotatable bonds is 8. The molecule has 7 heteroatoms. The predicted octanol–water partition coefficient (Wildman–Crippen LogP) is 5.97. The maximum atomic E-state index is 14.3. The number of H-pyrrole nitrogens is 1. The number of aromatic amines is 1. The number of carbonyl (C=O) groups excluding carboxylic acids is 2. The van der Waals surface area contributed by atoms with Gasteiger partial charge in [0.2, 0.25) is 5.91 Å². The number of primary amides is 1. The summed E-state index contributed by atoms with van der Waals surface area (Å²) in [7, 11) is 1.65. The third-order valence-corrected chi connectivity index (χ3v) is 9.26. The fourth-order valence-electron chi connectivity index (χ4n) is 7.45. The molecule has 1 unspecified atom stereocenters. The van der Waals surface area contributed by atoms with Crippen molar-refractivity contribution in [3.8, 4) is 16.9 Å². The molecule has 1 fully saturated rings. The van der Waals surface area contributed by atoms with Crippen LogP contribution in [0, 0.1) is 5.92 Å². The molecule has 1 saturated carbocycles. The van der Waals surface area contributed by atoms with E-state index in [-0.39, 0.29) is 18.5 Å². The van der Waals surface area contributed by atoms with Crippen molar-refractivity contribution in [2.75, 3.05) is 13.7 Å². The molecule has 2 aliphatic rings. The first-order valence-corrected chi connectivity index (χ1v) is 15.0. The molecule has 4 aromatic rings. The number of nitrogens with one attached hydrogen (secondary N) is 2. The van der Waals surface area contributed by atoms with E-state index in [9.17, 15) is 9.59 Å². The molecule has 2 heterocycles. The van der Waals surface area contributed by atoms with Crippen LogP contribution in [-0.4, -0.2) is 36.6 Å². The van der Waals surface area contributed by atoms with Crippen LogP contribution >= 0.6 is 0 Å². The molecule has 1 aromatic heterocycles. The summed E-state index contributed by atoms with van der Waals surface area (Å²) >= 11 is 0. The Balaban J connectivity index is 1.63. The Morgan fingerprint density at radius 1 is 1.00 bits per heavy atom. The number of aromatic nitrogens is 1. The van der Waals surface area contributed by atoms with E-state index < -0.39 is 23.4 Å². The fourth-order valence-corrected chi connectivity index (χ4v) is 7.45. The molecule has 0 saturated heterocycles. The van der Waals surface area contributed by atoms with Crippen molar-refractivity contribution in [3.05, 3.63) is 89.6 Å². The van der Waals surface area contributed by atoms with E-state index in [4.69, 9.17) is 15.2 Å². The van der Waals surface area contributed by atoms with Crippen LogP contribution < -0.4 is 15.8 Å². The van der Waals surface area contributed by atoms with Gasteiger partial charge in [-0.15, -0.1) is 0 Å². The number of methoxy groups -OCH3 is 1. The van der Waals surface area contributed by atoms with Gasteiger partial charge < -0.3 is 20.2 Å². The van der Waals surface area contributed by atoms with Gasteiger partial charge in [0, 0.05) is 22.2 Å². The predicted molar refractivity (Wildman–Crippen MR) is 164 cm³/mol. The summed E-state index contributed by atoms with van der Waals surface area (Å²) in [6.07, 6.45) is 5.54. The van der Waals surface area contributed by atoms with Gasteiger partial charge in [-0.25, -0.2) is 0 Å². The number of hydrogen-bond donors (Lipinski definition) is 3. The maximum Gasteiger partial charge on any atom is 0.315 e. The summed E-state index contributed by atoms with van der Waals surface area (Å²) in [5.74, 6) is -0.779. The summed E-state index contributed by atoms with van der Waals surface area (Å²) in [4.78, 5) is 31.0. The molecule has 0 radical (unpaired) electrons. The normalized spacial score (nSPS) is 21.4. The second-order valence-corrected chi connectivity index (χ2v) is 11.5. The molecule has 42 heavy (non-hydrogen) atoms. The van der Waals surface area contributed by atoms with E-state index in [0.717, 1.165) is 71.0 Å². The lowest BCUT2D eigenvalue weighted by molar-refractivity contribution is -0.149. The van der Waals surface area contributed by atoms with E-state index in [1.807, 2.05) is 67.6 Å². The molecule has 3 aromatic carbocycles. The van der Waals surface area contributed by atoms with E-state index in [1.54, 1.807) is 7.11 Å². The standard InChI is InChI=1S/C35H39N3O4/c1-3-42-34(40)31(23-18-19-25(30(20-23)41-2)22-12-6-4-7-13-22)35(24-14-8-5-9-15-24)32-27(21-29(38-35)33(36)39)26-16-10-11-17-28(26)37-32/h4,6-7,10-13,16-20,24,29,31,37-38H,3,5,8-9,14-15,21H2,1-2H3,(H2,36,39)/t29-,31?,35-/m1/s1. The minimum atomic E-state index is -0.946. The first-order chi connectivity index (χ1) is 20.5. The lowest BCUT2D eigenvalue weighted by Crippen LogP contribution is -2.64. The summed E-state index contributed by atoms with van der Waals surface area (Å²) < 4.78 is 11.8. The van der Waals surface area contributed by atoms with Crippen LogP contribution in [0.4, 0.5) is 0 Å². The van der Waals surface area contributed by atoms with Crippen LogP contribution in [0.15, 0.2) is 72.8 Å². The number of amides is 1. The molecule has 1 aliphatic heterocycles. The van der Waals surface area contributed by atoms with Crippen LogP contribution in [0.25, 0.3) is 22.0 Å². The van der Waals surface area contributed by atoms with Crippen molar-refractivity contribution in [3.63, 3.8) is 0 Å². The van der Waals surface area contributed by atoms with E-state index in [1.165, 1.54) is 0 Å². The first kappa shape index (κ1) is 28.0. The number of esters is 1. The van der Waals surface area contributed by atoms with Crippen molar-refractivity contribution >= 4 is 22.8 Å². The van der Waals surface area contributed by atoms with Crippen molar-refractivity contribution in [2.45, 2.75) is 62.9 Å². The van der Waals surface area contributed by atoms with Gasteiger partial charge >= 0.3 is 5.97 Å². The maximum absolute atomic E-state index is 14.3. The van der Waals surface area contributed by atoms with Crippen molar-refractivity contribution in [2.24, 2.45) is 11.7 Å². The molecule has 1 amide bonds. The summed E-state index contributed by atoms with van der Waals surface area (Å²) in [5.41, 5.74) is 10.8. The van der Waals surface area contributed by atoms with Gasteiger partial charge in [-0.3, -0.25) is 14.9 Å². The second-order valence-electron chi connectivity index (χ2n) is 11.5. The van der Waals surface area contributed by atoms with Gasteiger partial charge in [-0.2, -0.15) is 0 Å². The molecule has 7 nitrogen and oxygen atoms in total. The van der Waals surface area contributed by atoms with E-state index in [0.29, 0.717) is 12.2 Å². The highest BCUT2D eigenvalue weighted by Gasteiger charge is 2.56. The van der Waals surface area contributed by atoms with Gasteiger partial charge in [0.1, 0.15) is 11.7 Å². The highest BCUT2D eigenvalue weighted by atomic mass is 16.5. The number of ether oxygens (including phenoxy) is 2. The molecule has 3 atom stereocenters. The minimum Gasteiger partial charge on any atom is -0.496 e. The minimum absolute atomic E-state index is 0.0643. The smallest absolute Gasteiger partial charge is 0.315 e. The van der Waals surface area contributed by atoms with Crippen LogP contribution in [0.5, 0.6) is 5.75 Å². The molecule has 4 N–H and O–H groups in total. The fraction of sp³-hybridized carbons (Fsp3) is 0.371. The molecule has 1 aliphatic carbocycles. The molecular weight excluding hydrogens is 526 g/mol. The van der Waals surface area contributed by atoms with Crippen LogP contribution in [0.1, 0.15) is 61.8 Å². The molecule has 6 rings (SSSR count). The first-order valence-electron chi connectivity index (χ1n) is 15.0. The largest absolute Gasteiger partial charge is 0.496 e. The Bertz CT molecular complexity index is 1590. The highest BCUT2D eigenvalue weighted by molar-refractivity contribution is 5.90. The quantitative estimate of drug-likeness (QED) is 0.228. The molecule has 0 bridgehead atoms. The zero-order valence-electron chi connectivity index (χ0n) is 24.3. The zero-order valence-corrected chi connectivity index (χ0v) is 24.3. The Labute approximate surface area is 246 Å². The van der Waals surface area contributed by atoms with E-state index >= 15 is 0 Å². The number of hydrogen-bond acceptors (Lipinski definition) is 5. The van der Waals surface area contributed by atoms with Crippen LogP contribution in [-0.2, 0) is 26.3 Å². The Morgan fingerprint density at radius 2 is 1.74 bits per heavy atom. The summed E-state index contributed by atoms with van der Waals surface area (Å²) in [6.45, 7) is 2.07. The summed E-state index contributed by atoms with van der Waals surface area (Å²) in [6, 6.07) is 23.6. The lowest BCUT2D eigenvalue weighted by Gasteiger charge is -2.51. The number of fused-ring (bicyclic) bond motifs is 3. The van der Waals surface area contributed by atoms with E-state index in [2.05, 4.69) is 22.4 Å². The Morgan fingerprint density at radius 3 is 2.45 bits per heavy atom. The third-order valence-electron chi connectivity index (χ3n) is 9.26. The average molecular weight is 566 g/mol. The third kappa shape index (κ3) is 4.75. The lowest BCUT2D eigenvalue weighted by atomic mass is 9.61. The monoisotopic (exact) mass is 565 g/mol. The SMILES string of the molecule is CCOC(=O)C(c1ccc(-c2ccccc2)c(OC)c1)[C@@]1(C2CCCCC2)N[C@@H](C(N)=O)Cc2c1[nH]c1ccccc21. The second kappa shape index (κ2) is 11.6. The number of carbonyl (C=O) groups is 2.